The number of hydrogen-bond acceptors (Lipinski definition) is 4. The standard InChI is InChI=1S/C29H58O4Si2/c1-27(2,3)34(9,10)30-23-19-15-13-17-21-25-26(33-29(7,8)32-25)22-18-14-16-20-24-31-35(11,12)28(4,5)6/h13-16,25-26H,17-24H2,1-12H3/b15-13+,16-14+/t25-,26-/m0/s1. The van der Waals surface area contributed by atoms with E-state index < -0.39 is 22.4 Å². The topological polar surface area (TPSA) is 36.9 Å². The highest BCUT2D eigenvalue weighted by Gasteiger charge is 2.40. The Morgan fingerprint density at radius 3 is 1.26 bits per heavy atom. The predicted molar refractivity (Wildman–Crippen MR) is 156 cm³/mol. The largest absolute Gasteiger partial charge is 0.417 e. The smallest absolute Gasteiger partial charge is 0.191 e. The molecule has 2 atom stereocenters. The summed E-state index contributed by atoms with van der Waals surface area (Å²) in [4.78, 5) is 0. The maximum atomic E-state index is 6.26. The molecule has 1 aliphatic rings. The summed E-state index contributed by atoms with van der Waals surface area (Å²) in [6.45, 7) is 28.7. The second-order valence-corrected chi connectivity index (χ2v) is 23.2. The Morgan fingerprint density at radius 1 is 0.629 bits per heavy atom. The predicted octanol–water partition coefficient (Wildman–Crippen LogP) is 9.00. The molecule has 0 unspecified atom stereocenters. The second-order valence-electron chi connectivity index (χ2n) is 13.6. The molecule has 1 aliphatic heterocycles. The van der Waals surface area contributed by atoms with Gasteiger partial charge in [0.1, 0.15) is 0 Å². The highest BCUT2D eigenvalue weighted by atomic mass is 28.4. The second kappa shape index (κ2) is 13.5. The number of hydrogen-bond donors (Lipinski definition) is 0. The highest BCUT2D eigenvalue weighted by Crippen LogP contribution is 2.37. The minimum Gasteiger partial charge on any atom is -0.417 e. The SMILES string of the molecule is CC1(C)O[C@@H](CC/C=C/CCO[Si](C)(C)C(C)(C)C)[C@H](CC/C=C/CCO[Si](C)(C)C(C)(C)C)O1. The average molecular weight is 527 g/mol. The van der Waals surface area contributed by atoms with E-state index in [1.54, 1.807) is 0 Å². The molecule has 0 radical (unpaired) electrons. The Kier molecular flexibility index (Phi) is 12.7. The van der Waals surface area contributed by atoms with E-state index >= 15 is 0 Å². The fourth-order valence-electron chi connectivity index (χ4n) is 3.59. The maximum absolute atomic E-state index is 6.26. The fraction of sp³-hybridized carbons (Fsp3) is 0.862. The molecule has 1 rings (SSSR count). The monoisotopic (exact) mass is 526 g/mol. The third kappa shape index (κ3) is 11.8. The zero-order valence-corrected chi connectivity index (χ0v) is 27.3. The van der Waals surface area contributed by atoms with Crippen molar-refractivity contribution in [3.8, 4) is 0 Å². The summed E-state index contributed by atoms with van der Waals surface area (Å²) >= 11 is 0. The van der Waals surface area contributed by atoms with Crippen molar-refractivity contribution in [3.63, 3.8) is 0 Å². The van der Waals surface area contributed by atoms with E-state index in [9.17, 15) is 0 Å². The molecular weight excluding hydrogens is 468 g/mol. The molecule has 0 aromatic heterocycles. The Labute approximate surface area is 220 Å². The van der Waals surface area contributed by atoms with Crippen molar-refractivity contribution < 1.29 is 18.3 Å². The van der Waals surface area contributed by atoms with Gasteiger partial charge < -0.3 is 18.3 Å². The first-order chi connectivity index (χ1) is 15.9. The minimum atomic E-state index is -1.64. The molecular formula is C29H58O4Si2. The summed E-state index contributed by atoms with van der Waals surface area (Å²) in [7, 11) is -3.28. The Bertz CT molecular complexity index is 613. The number of rotatable bonds is 14. The lowest BCUT2D eigenvalue weighted by Gasteiger charge is -2.36. The van der Waals surface area contributed by atoms with Crippen LogP contribution in [0.15, 0.2) is 24.3 Å². The van der Waals surface area contributed by atoms with Gasteiger partial charge in [-0.1, -0.05) is 65.8 Å². The summed E-state index contributed by atoms with van der Waals surface area (Å²) in [6, 6.07) is 0. The first-order valence-electron chi connectivity index (χ1n) is 13.8. The van der Waals surface area contributed by atoms with Gasteiger partial charge in [0.25, 0.3) is 0 Å². The molecule has 35 heavy (non-hydrogen) atoms. The summed E-state index contributed by atoms with van der Waals surface area (Å²) < 4.78 is 25.0. The van der Waals surface area contributed by atoms with Crippen molar-refractivity contribution in [2.75, 3.05) is 13.2 Å². The van der Waals surface area contributed by atoms with E-state index in [1.807, 2.05) is 13.8 Å². The quantitative estimate of drug-likeness (QED) is 0.128. The van der Waals surface area contributed by atoms with Crippen molar-refractivity contribution in [1.29, 1.82) is 0 Å². The first-order valence-corrected chi connectivity index (χ1v) is 19.6. The molecule has 0 aromatic carbocycles. The Hall–Kier alpha value is -0.246. The third-order valence-electron chi connectivity index (χ3n) is 7.96. The average Bonchev–Trinajstić information content (AvgIpc) is 2.98. The maximum Gasteiger partial charge on any atom is 0.191 e. The van der Waals surface area contributed by atoms with Crippen LogP contribution in [0.3, 0.4) is 0 Å². The van der Waals surface area contributed by atoms with Crippen LogP contribution in [0.1, 0.15) is 93.9 Å². The van der Waals surface area contributed by atoms with Gasteiger partial charge in [0.2, 0.25) is 0 Å². The van der Waals surface area contributed by atoms with E-state index in [0.717, 1.165) is 51.7 Å². The van der Waals surface area contributed by atoms with Crippen LogP contribution in [-0.2, 0) is 18.3 Å². The zero-order valence-electron chi connectivity index (χ0n) is 25.3. The van der Waals surface area contributed by atoms with E-state index in [4.69, 9.17) is 18.3 Å². The molecule has 0 amide bonds. The summed E-state index contributed by atoms with van der Waals surface area (Å²) in [5.74, 6) is -0.489. The van der Waals surface area contributed by atoms with Gasteiger partial charge in [-0.15, -0.1) is 0 Å². The van der Waals surface area contributed by atoms with Crippen molar-refractivity contribution in [3.05, 3.63) is 24.3 Å². The van der Waals surface area contributed by atoms with Gasteiger partial charge in [0.15, 0.2) is 22.4 Å². The van der Waals surface area contributed by atoms with Crippen molar-refractivity contribution in [2.24, 2.45) is 0 Å². The molecule has 0 spiro atoms. The van der Waals surface area contributed by atoms with Gasteiger partial charge in [-0.25, -0.2) is 0 Å². The van der Waals surface area contributed by atoms with Crippen LogP contribution in [0.4, 0.5) is 0 Å². The van der Waals surface area contributed by atoms with E-state index in [0.29, 0.717) is 0 Å². The van der Waals surface area contributed by atoms with Gasteiger partial charge in [-0.2, -0.15) is 0 Å². The van der Waals surface area contributed by atoms with Crippen molar-refractivity contribution in [1.82, 2.24) is 0 Å². The summed E-state index contributed by atoms with van der Waals surface area (Å²) in [5, 5.41) is 0.540. The van der Waals surface area contributed by atoms with Gasteiger partial charge in [0.05, 0.1) is 12.2 Å². The van der Waals surface area contributed by atoms with Gasteiger partial charge in [0, 0.05) is 13.2 Å². The molecule has 0 saturated carbocycles. The molecule has 1 saturated heterocycles. The highest BCUT2D eigenvalue weighted by molar-refractivity contribution is 6.74. The van der Waals surface area contributed by atoms with Crippen molar-refractivity contribution >= 4 is 16.6 Å². The van der Waals surface area contributed by atoms with E-state index in [-0.39, 0.29) is 22.3 Å². The van der Waals surface area contributed by atoms with E-state index in [2.05, 4.69) is 92.0 Å². The van der Waals surface area contributed by atoms with Gasteiger partial charge in [-0.3, -0.25) is 0 Å². The minimum absolute atomic E-state index is 0.161. The number of allylic oxidation sites excluding steroid dienone is 2. The van der Waals surface area contributed by atoms with Crippen LogP contribution < -0.4 is 0 Å². The molecule has 4 nitrogen and oxygen atoms in total. The molecule has 0 N–H and O–H groups in total. The number of ether oxygens (including phenoxy) is 2. The lowest BCUT2D eigenvalue weighted by atomic mass is 10.0. The van der Waals surface area contributed by atoms with Crippen LogP contribution in [0.5, 0.6) is 0 Å². The van der Waals surface area contributed by atoms with Gasteiger partial charge in [-0.05, 0) is 88.6 Å². The summed E-state index contributed by atoms with van der Waals surface area (Å²) in [6.07, 6.45) is 15.4. The van der Waals surface area contributed by atoms with Crippen LogP contribution in [0.25, 0.3) is 0 Å². The van der Waals surface area contributed by atoms with Crippen molar-refractivity contribution in [2.45, 2.75) is 148 Å². The summed E-state index contributed by atoms with van der Waals surface area (Å²) in [5.41, 5.74) is 0. The van der Waals surface area contributed by atoms with Gasteiger partial charge >= 0.3 is 0 Å². The van der Waals surface area contributed by atoms with Crippen LogP contribution >= 0.6 is 0 Å². The molecule has 0 aliphatic carbocycles. The first kappa shape index (κ1) is 32.8. The molecule has 6 heteroatoms. The third-order valence-corrected chi connectivity index (χ3v) is 17.0. The Balaban J connectivity index is 2.34. The molecule has 0 aromatic rings. The molecule has 206 valence electrons. The van der Waals surface area contributed by atoms with E-state index in [1.165, 1.54) is 0 Å². The molecule has 0 bridgehead atoms. The zero-order chi connectivity index (χ0) is 27.0. The molecule has 1 fully saturated rings. The van der Waals surface area contributed by atoms with Crippen LogP contribution in [0, 0.1) is 0 Å². The Morgan fingerprint density at radius 2 is 0.943 bits per heavy atom. The normalized spacial score (nSPS) is 22.1. The molecule has 1 heterocycles. The lowest BCUT2D eigenvalue weighted by molar-refractivity contribution is -0.147. The fourth-order valence-corrected chi connectivity index (χ4v) is 5.71. The van der Waals surface area contributed by atoms with Crippen LogP contribution in [-0.4, -0.2) is 47.8 Å². The van der Waals surface area contributed by atoms with Crippen LogP contribution in [0.2, 0.25) is 36.3 Å². The lowest BCUT2D eigenvalue weighted by Crippen LogP contribution is -2.40.